The number of anilines is 1. The topological polar surface area (TPSA) is 61.8 Å². The van der Waals surface area contributed by atoms with Crippen LogP contribution in [0.3, 0.4) is 0 Å². The molecule has 3 rings (SSSR count). The van der Waals surface area contributed by atoms with Crippen LogP contribution in [0.2, 0.25) is 0 Å². The van der Waals surface area contributed by atoms with E-state index in [0.29, 0.717) is 26.3 Å². The van der Waals surface area contributed by atoms with Crippen molar-refractivity contribution in [2.45, 2.75) is 12.0 Å². The van der Waals surface area contributed by atoms with E-state index in [4.69, 9.17) is 4.74 Å². The van der Waals surface area contributed by atoms with Crippen LogP contribution in [0.25, 0.3) is 0 Å². The number of rotatable bonds is 2. The maximum Gasteiger partial charge on any atom is 0.232 e. The van der Waals surface area contributed by atoms with Crippen molar-refractivity contribution in [3.63, 3.8) is 0 Å². The third-order valence-corrected chi connectivity index (χ3v) is 3.85. The molecule has 5 nitrogen and oxygen atoms in total. The molecule has 0 bridgehead atoms. The Morgan fingerprint density at radius 2 is 2.32 bits per heavy atom. The van der Waals surface area contributed by atoms with Gasteiger partial charge in [-0.3, -0.25) is 4.79 Å². The fourth-order valence-corrected chi connectivity index (χ4v) is 2.80. The fraction of sp³-hybridized carbons (Fsp3) is 0.500. The molecule has 2 atom stereocenters. The smallest absolute Gasteiger partial charge is 0.232 e. The third-order valence-electron chi connectivity index (χ3n) is 3.85. The van der Waals surface area contributed by atoms with Gasteiger partial charge in [0.05, 0.1) is 31.8 Å². The summed E-state index contributed by atoms with van der Waals surface area (Å²) in [5.41, 5.74) is 2.09. The van der Waals surface area contributed by atoms with Gasteiger partial charge in [0.2, 0.25) is 5.91 Å². The van der Waals surface area contributed by atoms with Crippen LogP contribution in [0, 0.1) is 0 Å². The molecule has 2 N–H and O–H groups in total. The molecule has 2 aliphatic rings. The standard InChI is InChI=1S/C14H18N2O3/c17-8-10-9-19-6-5-16(10)14(18)12-7-15-13-4-2-1-3-11(12)13/h1-4,10,12,15,17H,5-9H2. The molecule has 0 aliphatic carbocycles. The van der Waals surface area contributed by atoms with Crippen molar-refractivity contribution in [2.75, 3.05) is 38.2 Å². The summed E-state index contributed by atoms with van der Waals surface area (Å²) in [6.07, 6.45) is 0. The van der Waals surface area contributed by atoms with Gasteiger partial charge in [-0.1, -0.05) is 18.2 Å². The van der Waals surface area contributed by atoms with E-state index in [0.717, 1.165) is 11.3 Å². The zero-order valence-electron chi connectivity index (χ0n) is 10.7. The van der Waals surface area contributed by atoms with E-state index in [1.165, 1.54) is 0 Å². The number of aliphatic hydroxyl groups excluding tert-OH is 1. The SMILES string of the molecule is O=C(C1CNc2ccccc21)N1CCOCC1CO. The number of nitrogens with one attached hydrogen (secondary N) is 1. The van der Waals surface area contributed by atoms with Gasteiger partial charge in [-0.25, -0.2) is 0 Å². The second-order valence-electron chi connectivity index (χ2n) is 4.96. The highest BCUT2D eigenvalue weighted by Gasteiger charge is 2.35. The van der Waals surface area contributed by atoms with Crippen LogP contribution >= 0.6 is 0 Å². The summed E-state index contributed by atoms with van der Waals surface area (Å²) in [5, 5.41) is 12.6. The second kappa shape index (κ2) is 5.19. The summed E-state index contributed by atoms with van der Waals surface area (Å²) >= 11 is 0. The number of ether oxygens (including phenoxy) is 1. The number of hydrogen-bond acceptors (Lipinski definition) is 4. The molecule has 2 unspecified atom stereocenters. The van der Waals surface area contributed by atoms with Gasteiger partial charge < -0.3 is 20.1 Å². The minimum Gasteiger partial charge on any atom is -0.394 e. The molecular weight excluding hydrogens is 244 g/mol. The number of hydrogen-bond donors (Lipinski definition) is 2. The van der Waals surface area contributed by atoms with E-state index in [-0.39, 0.29) is 24.5 Å². The highest BCUT2D eigenvalue weighted by Crippen LogP contribution is 2.32. The molecule has 0 aromatic heterocycles. The van der Waals surface area contributed by atoms with Gasteiger partial charge in [0.1, 0.15) is 0 Å². The Morgan fingerprint density at radius 1 is 1.47 bits per heavy atom. The minimum absolute atomic E-state index is 0.0481. The Bertz CT molecular complexity index is 478. The van der Waals surface area contributed by atoms with E-state index in [1.807, 2.05) is 24.3 Å². The van der Waals surface area contributed by atoms with E-state index < -0.39 is 0 Å². The predicted molar refractivity (Wildman–Crippen MR) is 71.1 cm³/mol. The normalized spacial score (nSPS) is 25.8. The number of carbonyl (C=O) groups excluding carboxylic acids is 1. The van der Waals surface area contributed by atoms with Crippen LogP contribution in [0.15, 0.2) is 24.3 Å². The molecule has 19 heavy (non-hydrogen) atoms. The number of benzene rings is 1. The molecule has 2 aliphatic heterocycles. The number of aliphatic hydroxyl groups is 1. The van der Waals surface area contributed by atoms with Crippen molar-refractivity contribution in [1.29, 1.82) is 0 Å². The molecule has 0 spiro atoms. The largest absolute Gasteiger partial charge is 0.394 e. The van der Waals surface area contributed by atoms with Crippen molar-refractivity contribution in [2.24, 2.45) is 0 Å². The second-order valence-corrected chi connectivity index (χ2v) is 4.96. The number of carbonyl (C=O) groups is 1. The summed E-state index contributed by atoms with van der Waals surface area (Å²) in [6.45, 7) is 2.11. The zero-order valence-corrected chi connectivity index (χ0v) is 10.7. The third kappa shape index (κ3) is 2.19. The van der Waals surface area contributed by atoms with Gasteiger partial charge in [0, 0.05) is 18.8 Å². The molecule has 1 aromatic rings. The van der Waals surface area contributed by atoms with Crippen LogP contribution in [0.4, 0.5) is 5.69 Å². The molecule has 2 heterocycles. The van der Waals surface area contributed by atoms with Gasteiger partial charge in [-0.05, 0) is 11.6 Å². The minimum atomic E-state index is -0.214. The molecular formula is C14H18N2O3. The predicted octanol–water partition coefficient (Wildman–Crippen LogP) is 0.415. The maximum absolute atomic E-state index is 12.7. The van der Waals surface area contributed by atoms with E-state index in [9.17, 15) is 9.90 Å². The van der Waals surface area contributed by atoms with Crippen LogP contribution in [0.5, 0.6) is 0 Å². The number of nitrogens with zero attached hydrogens (tertiary/aromatic N) is 1. The van der Waals surface area contributed by atoms with Crippen LogP contribution in [-0.2, 0) is 9.53 Å². The molecule has 1 amide bonds. The van der Waals surface area contributed by atoms with Crippen molar-refractivity contribution < 1.29 is 14.6 Å². The van der Waals surface area contributed by atoms with Crippen LogP contribution in [-0.4, -0.2) is 54.9 Å². The van der Waals surface area contributed by atoms with Crippen LogP contribution in [0.1, 0.15) is 11.5 Å². The van der Waals surface area contributed by atoms with Crippen molar-refractivity contribution >= 4 is 11.6 Å². The molecule has 1 aromatic carbocycles. The Morgan fingerprint density at radius 3 is 3.16 bits per heavy atom. The monoisotopic (exact) mass is 262 g/mol. The lowest BCUT2D eigenvalue weighted by atomic mass is 9.99. The van der Waals surface area contributed by atoms with E-state index >= 15 is 0 Å². The Kier molecular flexibility index (Phi) is 3.40. The van der Waals surface area contributed by atoms with Gasteiger partial charge in [-0.15, -0.1) is 0 Å². The fourth-order valence-electron chi connectivity index (χ4n) is 2.80. The number of amides is 1. The highest BCUT2D eigenvalue weighted by atomic mass is 16.5. The lowest BCUT2D eigenvalue weighted by Crippen LogP contribution is -2.52. The summed E-state index contributed by atoms with van der Waals surface area (Å²) in [7, 11) is 0. The first-order valence-electron chi connectivity index (χ1n) is 6.63. The van der Waals surface area contributed by atoms with E-state index in [2.05, 4.69) is 5.32 Å². The average molecular weight is 262 g/mol. The number of para-hydroxylation sites is 1. The maximum atomic E-state index is 12.7. The summed E-state index contributed by atoms with van der Waals surface area (Å²) in [4.78, 5) is 14.4. The van der Waals surface area contributed by atoms with Crippen molar-refractivity contribution in [1.82, 2.24) is 4.90 Å². The molecule has 1 fully saturated rings. The first-order chi connectivity index (χ1) is 9.31. The first kappa shape index (κ1) is 12.4. The Balaban J connectivity index is 1.81. The van der Waals surface area contributed by atoms with Crippen LogP contribution < -0.4 is 5.32 Å². The molecule has 102 valence electrons. The zero-order chi connectivity index (χ0) is 13.2. The quantitative estimate of drug-likeness (QED) is 0.810. The molecule has 0 radical (unpaired) electrons. The number of morpholine rings is 1. The van der Waals surface area contributed by atoms with Gasteiger partial charge in [-0.2, -0.15) is 0 Å². The van der Waals surface area contributed by atoms with Gasteiger partial charge in [0.15, 0.2) is 0 Å². The van der Waals surface area contributed by atoms with E-state index in [1.54, 1.807) is 4.90 Å². The van der Waals surface area contributed by atoms with Crippen molar-refractivity contribution in [3.8, 4) is 0 Å². The lowest BCUT2D eigenvalue weighted by molar-refractivity contribution is -0.142. The molecule has 5 heteroatoms. The molecule has 0 saturated carbocycles. The van der Waals surface area contributed by atoms with Gasteiger partial charge >= 0.3 is 0 Å². The summed E-state index contributed by atoms with van der Waals surface area (Å²) in [6, 6.07) is 7.69. The lowest BCUT2D eigenvalue weighted by Gasteiger charge is -2.36. The first-order valence-corrected chi connectivity index (χ1v) is 6.63. The molecule has 1 saturated heterocycles. The summed E-state index contributed by atoms with van der Waals surface area (Å²) < 4.78 is 5.32. The van der Waals surface area contributed by atoms with Crippen molar-refractivity contribution in [3.05, 3.63) is 29.8 Å². The van der Waals surface area contributed by atoms with Gasteiger partial charge in [0.25, 0.3) is 0 Å². The number of fused-ring (bicyclic) bond motifs is 1. The highest BCUT2D eigenvalue weighted by molar-refractivity contribution is 5.88. The Labute approximate surface area is 112 Å². The summed E-state index contributed by atoms with van der Waals surface area (Å²) in [5.74, 6) is -0.0665. The Hall–Kier alpha value is -1.59. The average Bonchev–Trinajstić information content (AvgIpc) is 2.90.